The molecule has 0 amide bonds. The number of fused-ring (bicyclic) bond motifs is 1. The van der Waals surface area contributed by atoms with Crippen molar-refractivity contribution in [3.05, 3.63) is 30.5 Å². The van der Waals surface area contributed by atoms with Crippen molar-refractivity contribution < 1.29 is 9.53 Å². The van der Waals surface area contributed by atoms with Gasteiger partial charge in [0.25, 0.3) is 0 Å². The quantitative estimate of drug-likeness (QED) is 0.792. The summed E-state index contributed by atoms with van der Waals surface area (Å²) in [7, 11) is 0. The molecule has 0 saturated carbocycles. The average Bonchev–Trinajstić information content (AvgIpc) is 2.74. The first kappa shape index (κ1) is 11.7. The van der Waals surface area contributed by atoms with E-state index in [4.69, 9.17) is 4.74 Å². The van der Waals surface area contributed by atoms with E-state index in [2.05, 4.69) is 0 Å². The number of ether oxygens (including phenoxy) is 1. The Balaban J connectivity index is 2.40. The summed E-state index contributed by atoms with van der Waals surface area (Å²) >= 11 is 0. The highest BCUT2D eigenvalue weighted by Crippen LogP contribution is 2.26. The summed E-state index contributed by atoms with van der Waals surface area (Å²) in [5, 5.41) is 1.07. The highest BCUT2D eigenvalue weighted by molar-refractivity contribution is 5.88. The standard InChI is InChI=1S/C14H17NO2/c1-3-11(16)10-15-9-8-12-13(15)6-5-7-14(12)17-4-2/h5-9H,3-4,10H2,1-2H3. The van der Waals surface area contributed by atoms with Gasteiger partial charge in [0.15, 0.2) is 5.78 Å². The molecule has 0 bridgehead atoms. The van der Waals surface area contributed by atoms with Gasteiger partial charge in [0.05, 0.1) is 18.7 Å². The first-order valence-corrected chi connectivity index (χ1v) is 5.98. The van der Waals surface area contributed by atoms with Gasteiger partial charge in [-0.2, -0.15) is 0 Å². The normalized spacial score (nSPS) is 10.7. The third-order valence-electron chi connectivity index (χ3n) is 2.81. The van der Waals surface area contributed by atoms with Crippen LogP contribution in [0.4, 0.5) is 0 Å². The number of nitrogens with zero attached hydrogens (tertiary/aromatic N) is 1. The lowest BCUT2D eigenvalue weighted by atomic mass is 10.2. The Kier molecular flexibility index (Phi) is 3.47. The monoisotopic (exact) mass is 231 g/mol. The van der Waals surface area contributed by atoms with Crippen LogP contribution in [0.1, 0.15) is 20.3 Å². The van der Waals surface area contributed by atoms with Crippen LogP contribution in [0.25, 0.3) is 10.9 Å². The highest BCUT2D eigenvalue weighted by Gasteiger charge is 2.08. The SMILES string of the molecule is CCOc1cccc2c1ccn2CC(=O)CC. The largest absolute Gasteiger partial charge is 0.493 e. The van der Waals surface area contributed by atoms with E-state index in [0.29, 0.717) is 19.6 Å². The van der Waals surface area contributed by atoms with Crippen LogP contribution in [0, 0.1) is 0 Å². The van der Waals surface area contributed by atoms with Crippen LogP contribution in [-0.4, -0.2) is 17.0 Å². The predicted octanol–water partition coefficient (Wildman–Crippen LogP) is 3.02. The smallest absolute Gasteiger partial charge is 0.152 e. The fourth-order valence-electron chi connectivity index (χ4n) is 1.92. The molecule has 0 unspecified atom stereocenters. The van der Waals surface area contributed by atoms with Gasteiger partial charge in [-0.3, -0.25) is 4.79 Å². The molecule has 0 spiro atoms. The van der Waals surface area contributed by atoms with Gasteiger partial charge in [-0.25, -0.2) is 0 Å². The summed E-state index contributed by atoms with van der Waals surface area (Å²) < 4.78 is 7.54. The number of benzene rings is 1. The molecule has 3 nitrogen and oxygen atoms in total. The van der Waals surface area contributed by atoms with E-state index in [1.807, 2.05) is 48.9 Å². The fraction of sp³-hybridized carbons (Fsp3) is 0.357. The predicted molar refractivity (Wildman–Crippen MR) is 68.4 cm³/mol. The maximum Gasteiger partial charge on any atom is 0.152 e. The van der Waals surface area contributed by atoms with Crippen LogP contribution in [-0.2, 0) is 11.3 Å². The number of carbonyl (C=O) groups excluding carboxylic acids is 1. The second kappa shape index (κ2) is 5.04. The van der Waals surface area contributed by atoms with Crippen LogP contribution in [0.3, 0.4) is 0 Å². The first-order valence-electron chi connectivity index (χ1n) is 5.98. The van der Waals surface area contributed by atoms with E-state index < -0.39 is 0 Å². The van der Waals surface area contributed by atoms with Gasteiger partial charge in [0, 0.05) is 18.0 Å². The lowest BCUT2D eigenvalue weighted by Gasteiger charge is -2.06. The summed E-state index contributed by atoms with van der Waals surface area (Å²) in [6.45, 7) is 4.95. The van der Waals surface area contributed by atoms with Crippen molar-refractivity contribution in [1.29, 1.82) is 0 Å². The molecule has 0 aliphatic heterocycles. The van der Waals surface area contributed by atoms with Gasteiger partial charge in [0.2, 0.25) is 0 Å². The highest BCUT2D eigenvalue weighted by atomic mass is 16.5. The topological polar surface area (TPSA) is 31.2 Å². The van der Waals surface area contributed by atoms with E-state index in [9.17, 15) is 4.79 Å². The minimum atomic E-state index is 0.240. The van der Waals surface area contributed by atoms with Crippen molar-refractivity contribution in [2.45, 2.75) is 26.8 Å². The molecule has 1 aromatic carbocycles. The van der Waals surface area contributed by atoms with Gasteiger partial charge in [0.1, 0.15) is 5.75 Å². The molecule has 1 aromatic heterocycles. The summed E-state index contributed by atoms with van der Waals surface area (Å²) in [6, 6.07) is 7.93. The lowest BCUT2D eigenvalue weighted by Crippen LogP contribution is -2.07. The molecule has 90 valence electrons. The van der Waals surface area contributed by atoms with E-state index in [-0.39, 0.29) is 5.78 Å². The first-order chi connectivity index (χ1) is 8.26. The Bertz CT molecular complexity index is 528. The van der Waals surface area contributed by atoms with Crippen molar-refractivity contribution in [3.8, 4) is 5.75 Å². The van der Waals surface area contributed by atoms with Crippen molar-refractivity contribution in [1.82, 2.24) is 4.57 Å². The fourth-order valence-corrected chi connectivity index (χ4v) is 1.92. The maximum atomic E-state index is 11.5. The molecule has 0 N–H and O–H groups in total. The van der Waals surface area contributed by atoms with Gasteiger partial charge in [-0.1, -0.05) is 13.0 Å². The van der Waals surface area contributed by atoms with E-state index in [1.54, 1.807) is 0 Å². The molecule has 0 aliphatic rings. The molecule has 17 heavy (non-hydrogen) atoms. The summed E-state index contributed by atoms with van der Waals surface area (Å²) in [6.07, 6.45) is 2.52. The Morgan fingerprint density at radius 3 is 2.82 bits per heavy atom. The van der Waals surface area contributed by atoms with Crippen LogP contribution in [0.15, 0.2) is 30.5 Å². The lowest BCUT2D eigenvalue weighted by molar-refractivity contribution is -0.119. The van der Waals surface area contributed by atoms with E-state index >= 15 is 0 Å². The van der Waals surface area contributed by atoms with Gasteiger partial charge >= 0.3 is 0 Å². The minimum absolute atomic E-state index is 0.240. The molecule has 0 radical (unpaired) electrons. The zero-order chi connectivity index (χ0) is 12.3. The van der Waals surface area contributed by atoms with Crippen molar-refractivity contribution in [2.24, 2.45) is 0 Å². The van der Waals surface area contributed by atoms with E-state index in [1.165, 1.54) is 0 Å². The number of carbonyl (C=O) groups is 1. The van der Waals surface area contributed by atoms with Gasteiger partial charge in [-0.15, -0.1) is 0 Å². The Morgan fingerprint density at radius 1 is 1.29 bits per heavy atom. The summed E-state index contributed by atoms with van der Waals surface area (Å²) in [5.41, 5.74) is 1.05. The van der Waals surface area contributed by atoms with Crippen LogP contribution in [0.2, 0.25) is 0 Å². The van der Waals surface area contributed by atoms with Crippen molar-refractivity contribution in [2.75, 3.05) is 6.61 Å². The number of Topliss-reactive ketones (excluding diaryl/α,β-unsaturated/α-hetero) is 1. The zero-order valence-corrected chi connectivity index (χ0v) is 10.3. The minimum Gasteiger partial charge on any atom is -0.493 e. The molecular weight excluding hydrogens is 214 g/mol. The van der Waals surface area contributed by atoms with Crippen LogP contribution >= 0.6 is 0 Å². The molecule has 0 aliphatic carbocycles. The second-order valence-electron chi connectivity index (χ2n) is 3.96. The van der Waals surface area contributed by atoms with Crippen LogP contribution in [0.5, 0.6) is 5.75 Å². The molecule has 0 atom stereocenters. The molecule has 1 heterocycles. The molecule has 2 aromatic rings. The summed E-state index contributed by atoms with van der Waals surface area (Å²) in [4.78, 5) is 11.5. The third kappa shape index (κ3) is 2.33. The summed E-state index contributed by atoms with van der Waals surface area (Å²) in [5.74, 6) is 1.12. The number of aromatic nitrogens is 1. The third-order valence-corrected chi connectivity index (χ3v) is 2.81. The molecule has 0 fully saturated rings. The van der Waals surface area contributed by atoms with Crippen LogP contribution < -0.4 is 4.74 Å². The van der Waals surface area contributed by atoms with E-state index in [0.717, 1.165) is 16.7 Å². The molecule has 0 saturated heterocycles. The van der Waals surface area contributed by atoms with Crippen molar-refractivity contribution in [3.63, 3.8) is 0 Å². The molecular formula is C14H17NO2. The van der Waals surface area contributed by atoms with Gasteiger partial charge in [-0.05, 0) is 25.1 Å². The zero-order valence-electron chi connectivity index (χ0n) is 10.3. The Hall–Kier alpha value is -1.77. The second-order valence-corrected chi connectivity index (χ2v) is 3.96. The number of hydrogen-bond donors (Lipinski definition) is 0. The number of ketones is 1. The number of hydrogen-bond acceptors (Lipinski definition) is 2. The average molecular weight is 231 g/mol. The molecule has 2 rings (SSSR count). The Labute approximate surface area is 101 Å². The van der Waals surface area contributed by atoms with Crippen molar-refractivity contribution >= 4 is 16.7 Å². The number of rotatable bonds is 5. The Morgan fingerprint density at radius 2 is 2.12 bits per heavy atom. The maximum absolute atomic E-state index is 11.5. The molecule has 3 heteroatoms. The van der Waals surface area contributed by atoms with Gasteiger partial charge < -0.3 is 9.30 Å².